The highest BCUT2D eigenvalue weighted by Gasteiger charge is 2.01. The van der Waals surface area contributed by atoms with Crippen LogP contribution in [-0.4, -0.2) is 10.1 Å². The molecule has 1 heterocycles. The Labute approximate surface area is 99.8 Å². The van der Waals surface area contributed by atoms with Crippen LogP contribution in [-0.2, 0) is 12.8 Å². The van der Waals surface area contributed by atoms with E-state index in [0.29, 0.717) is 6.42 Å². The molecule has 88 valence electrons. The van der Waals surface area contributed by atoms with Crippen LogP contribution in [0.1, 0.15) is 16.8 Å². The molecule has 0 spiro atoms. The van der Waals surface area contributed by atoms with Gasteiger partial charge in [0, 0.05) is 11.8 Å². The average molecular weight is 229 g/mol. The third-order valence-corrected chi connectivity index (χ3v) is 2.81. The van der Waals surface area contributed by atoms with Gasteiger partial charge in [-0.3, -0.25) is 4.79 Å². The number of rotatable bonds is 3. The molecule has 2 aromatic rings. The highest BCUT2D eigenvalue weighted by atomic mass is 16.3. The van der Waals surface area contributed by atoms with Crippen molar-refractivity contribution in [3.8, 4) is 5.75 Å². The summed E-state index contributed by atoms with van der Waals surface area (Å²) in [5, 5.41) is 9.33. The maximum absolute atomic E-state index is 11.2. The zero-order valence-electron chi connectivity index (χ0n) is 9.73. The number of hydrogen-bond donors (Lipinski definition) is 2. The van der Waals surface area contributed by atoms with Crippen molar-refractivity contribution in [3.05, 3.63) is 63.6 Å². The van der Waals surface area contributed by atoms with Crippen molar-refractivity contribution in [1.29, 1.82) is 0 Å². The lowest BCUT2D eigenvalue weighted by molar-refractivity contribution is 0.472. The summed E-state index contributed by atoms with van der Waals surface area (Å²) in [6, 6.07) is 10.9. The fourth-order valence-corrected chi connectivity index (χ4v) is 1.88. The fraction of sp³-hybridized carbons (Fsp3) is 0.214. The van der Waals surface area contributed by atoms with Crippen molar-refractivity contribution in [1.82, 2.24) is 4.98 Å². The fourth-order valence-electron chi connectivity index (χ4n) is 1.88. The number of aromatic nitrogens is 1. The minimum absolute atomic E-state index is 0.0218. The van der Waals surface area contributed by atoms with Crippen LogP contribution in [0.5, 0.6) is 5.75 Å². The van der Waals surface area contributed by atoms with E-state index in [-0.39, 0.29) is 11.3 Å². The lowest BCUT2D eigenvalue weighted by Gasteiger charge is -2.05. The second kappa shape index (κ2) is 4.87. The molecule has 0 aliphatic heterocycles. The topological polar surface area (TPSA) is 53.1 Å². The highest BCUT2D eigenvalue weighted by Crippen LogP contribution is 2.12. The number of aromatic amines is 1. The zero-order chi connectivity index (χ0) is 12.3. The molecule has 0 saturated heterocycles. The largest absolute Gasteiger partial charge is 0.508 e. The number of pyridine rings is 1. The second-order valence-corrected chi connectivity index (χ2v) is 4.15. The van der Waals surface area contributed by atoms with E-state index in [1.807, 2.05) is 12.1 Å². The molecule has 2 N–H and O–H groups in total. The van der Waals surface area contributed by atoms with Gasteiger partial charge in [0.25, 0.3) is 5.56 Å². The highest BCUT2D eigenvalue weighted by molar-refractivity contribution is 5.27. The van der Waals surface area contributed by atoms with E-state index in [9.17, 15) is 9.90 Å². The van der Waals surface area contributed by atoms with Crippen molar-refractivity contribution in [2.45, 2.75) is 19.8 Å². The van der Waals surface area contributed by atoms with Gasteiger partial charge < -0.3 is 10.1 Å². The van der Waals surface area contributed by atoms with Crippen LogP contribution in [0.2, 0.25) is 0 Å². The number of aryl methyl sites for hydroxylation is 3. The maximum atomic E-state index is 11.2. The van der Waals surface area contributed by atoms with Crippen LogP contribution in [0.15, 0.2) is 41.2 Å². The van der Waals surface area contributed by atoms with Gasteiger partial charge in [-0.05, 0) is 37.0 Å². The minimum atomic E-state index is -0.259. The van der Waals surface area contributed by atoms with Crippen LogP contribution in [0, 0.1) is 6.92 Å². The molecule has 0 saturated carbocycles. The molecule has 17 heavy (non-hydrogen) atoms. The third kappa shape index (κ3) is 2.97. The summed E-state index contributed by atoms with van der Waals surface area (Å²) >= 11 is 0. The number of hydrogen-bond acceptors (Lipinski definition) is 2. The van der Waals surface area contributed by atoms with Gasteiger partial charge in [0.2, 0.25) is 0 Å². The molecule has 0 bridgehead atoms. The van der Waals surface area contributed by atoms with E-state index in [1.165, 1.54) is 17.2 Å². The third-order valence-electron chi connectivity index (χ3n) is 2.81. The number of aromatic hydroxyl groups is 1. The Morgan fingerprint density at radius 2 is 1.94 bits per heavy atom. The standard InChI is InChI=1S/C14H15NO2/c1-10-4-2-3-5-11(10)6-7-12-8-13(16)9-14(17)15-12/h2-5,8-9H,6-7H2,1H3,(H2,15,16,17). The molecule has 1 aromatic carbocycles. The molecule has 0 aliphatic carbocycles. The van der Waals surface area contributed by atoms with Crippen LogP contribution < -0.4 is 5.56 Å². The lowest BCUT2D eigenvalue weighted by atomic mass is 10.0. The molecular weight excluding hydrogens is 214 g/mol. The molecule has 3 heteroatoms. The van der Waals surface area contributed by atoms with Gasteiger partial charge in [0.15, 0.2) is 0 Å². The van der Waals surface area contributed by atoms with Crippen LogP contribution in [0.25, 0.3) is 0 Å². The SMILES string of the molecule is Cc1ccccc1CCc1cc(O)cc(=O)[nH]1. The summed E-state index contributed by atoms with van der Waals surface area (Å²) in [7, 11) is 0. The summed E-state index contributed by atoms with van der Waals surface area (Å²) in [4.78, 5) is 13.9. The van der Waals surface area contributed by atoms with Crippen LogP contribution >= 0.6 is 0 Å². The van der Waals surface area contributed by atoms with Gasteiger partial charge in [0.05, 0.1) is 0 Å². The van der Waals surface area contributed by atoms with Gasteiger partial charge >= 0.3 is 0 Å². The van der Waals surface area contributed by atoms with E-state index in [1.54, 1.807) is 6.07 Å². The number of H-pyrrole nitrogens is 1. The number of benzene rings is 1. The molecule has 1 aromatic heterocycles. The molecule has 0 atom stereocenters. The summed E-state index contributed by atoms with van der Waals surface area (Å²) in [5.41, 5.74) is 3.01. The molecule has 0 unspecified atom stereocenters. The predicted molar refractivity (Wildman–Crippen MR) is 67.3 cm³/mol. The zero-order valence-corrected chi connectivity index (χ0v) is 9.73. The van der Waals surface area contributed by atoms with Gasteiger partial charge in [0.1, 0.15) is 5.75 Å². The van der Waals surface area contributed by atoms with E-state index in [0.717, 1.165) is 12.1 Å². The Balaban J connectivity index is 2.13. The van der Waals surface area contributed by atoms with E-state index in [4.69, 9.17) is 0 Å². The molecule has 0 aliphatic rings. The average Bonchev–Trinajstić information content (AvgIpc) is 2.27. The molecular formula is C14H15NO2. The van der Waals surface area contributed by atoms with Gasteiger partial charge in [-0.25, -0.2) is 0 Å². The molecule has 0 fully saturated rings. The minimum Gasteiger partial charge on any atom is -0.508 e. The maximum Gasteiger partial charge on any atom is 0.251 e. The van der Waals surface area contributed by atoms with Crippen LogP contribution in [0.4, 0.5) is 0 Å². The smallest absolute Gasteiger partial charge is 0.251 e. The molecule has 0 radical (unpaired) electrons. The summed E-state index contributed by atoms with van der Waals surface area (Å²) in [6.45, 7) is 2.07. The first-order valence-electron chi connectivity index (χ1n) is 5.62. The van der Waals surface area contributed by atoms with E-state index < -0.39 is 0 Å². The first kappa shape index (κ1) is 11.5. The van der Waals surface area contributed by atoms with Crippen molar-refractivity contribution >= 4 is 0 Å². The van der Waals surface area contributed by atoms with Crippen LogP contribution in [0.3, 0.4) is 0 Å². The van der Waals surface area contributed by atoms with Gasteiger partial charge in [-0.2, -0.15) is 0 Å². The lowest BCUT2D eigenvalue weighted by Crippen LogP contribution is -2.07. The molecule has 2 rings (SSSR count). The molecule has 0 amide bonds. The summed E-state index contributed by atoms with van der Waals surface area (Å²) < 4.78 is 0. The Morgan fingerprint density at radius 1 is 1.18 bits per heavy atom. The van der Waals surface area contributed by atoms with Crippen molar-refractivity contribution in [3.63, 3.8) is 0 Å². The predicted octanol–water partition coefficient (Wildman–Crippen LogP) is 2.17. The first-order valence-corrected chi connectivity index (χ1v) is 5.62. The first-order chi connectivity index (χ1) is 8.15. The van der Waals surface area contributed by atoms with E-state index >= 15 is 0 Å². The Kier molecular flexibility index (Phi) is 3.28. The van der Waals surface area contributed by atoms with Crippen molar-refractivity contribution in [2.24, 2.45) is 0 Å². The Hall–Kier alpha value is -2.03. The quantitative estimate of drug-likeness (QED) is 0.847. The van der Waals surface area contributed by atoms with Crippen molar-refractivity contribution < 1.29 is 5.11 Å². The molecule has 3 nitrogen and oxygen atoms in total. The number of nitrogens with one attached hydrogen (secondary N) is 1. The monoisotopic (exact) mass is 229 g/mol. The Morgan fingerprint density at radius 3 is 2.65 bits per heavy atom. The van der Waals surface area contributed by atoms with Gasteiger partial charge in [-0.15, -0.1) is 0 Å². The second-order valence-electron chi connectivity index (χ2n) is 4.15. The Bertz CT molecular complexity index is 572. The normalized spacial score (nSPS) is 10.4. The summed E-state index contributed by atoms with van der Waals surface area (Å²) in [5.74, 6) is 0.0218. The van der Waals surface area contributed by atoms with E-state index in [2.05, 4.69) is 24.0 Å². The van der Waals surface area contributed by atoms with Gasteiger partial charge in [-0.1, -0.05) is 24.3 Å². The summed E-state index contributed by atoms with van der Waals surface area (Å²) in [6.07, 6.45) is 1.57. The van der Waals surface area contributed by atoms with Crippen molar-refractivity contribution in [2.75, 3.05) is 0 Å².